The Morgan fingerprint density at radius 2 is 1.93 bits per heavy atom. The topological polar surface area (TPSA) is 46.1 Å². The number of nitrogens with one attached hydrogen (secondary N) is 1. The van der Waals surface area contributed by atoms with E-state index in [9.17, 15) is 0 Å². The zero-order chi connectivity index (χ0) is 18.9. The molecule has 5 nitrogen and oxygen atoms in total. The van der Waals surface area contributed by atoms with E-state index in [4.69, 9.17) is 14.5 Å². The lowest BCUT2D eigenvalue weighted by Crippen LogP contribution is -2.40. The van der Waals surface area contributed by atoms with E-state index in [2.05, 4.69) is 54.5 Å². The Balaban J connectivity index is 1.55. The molecule has 0 radical (unpaired) electrons. The van der Waals surface area contributed by atoms with Gasteiger partial charge in [0, 0.05) is 52.4 Å². The van der Waals surface area contributed by atoms with Crippen LogP contribution in [-0.4, -0.2) is 57.4 Å². The summed E-state index contributed by atoms with van der Waals surface area (Å²) in [6.07, 6.45) is 4.85. The Kier molecular flexibility index (Phi) is 7.96. The first-order valence-corrected chi connectivity index (χ1v) is 10.5. The molecule has 2 fully saturated rings. The van der Waals surface area contributed by atoms with Crippen LogP contribution in [0.4, 0.5) is 0 Å². The standard InChI is InChI=1S/C22H35N3O2/c1-3-23-22(25(2)13-9-18-10-14-26-15-11-18)24-17-20-12-16-27-21(20)19-7-5-4-6-8-19/h4-8,18,20-21H,3,9-17H2,1-2H3,(H,23,24). The first-order chi connectivity index (χ1) is 13.3. The van der Waals surface area contributed by atoms with Crippen molar-refractivity contribution in [1.29, 1.82) is 0 Å². The molecule has 1 aromatic rings. The third kappa shape index (κ3) is 5.94. The second-order valence-corrected chi connectivity index (χ2v) is 7.71. The summed E-state index contributed by atoms with van der Waals surface area (Å²) in [7, 11) is 2.15. The molecular formula is C22H35N3O2. The Labute approximate surface area is 164 Å². The molecule has 0 spiro atoms. The molecule has 2 aliphatic rings. The summed E-state index contributed by atoms with van der Waals surface area (Å²) in [6.45, 7) is 7.55. The van der Waals surface area contributed by atoms with Gasteiger partial charge in [0.2, 0.25) is 0 Å². The van der Waals surface area contributed by atoms with Gasteiger partial charge in [-0.05, 0) is 44.1 Å². The van der Waals surface area contributed by atoms with Crippen LogP contribution in [0.1, 0.15) is 44.3 Å². The van der Waals surface area contributed by atoms with E-state index >= 15 is 0 Å². The maximum atomic E-state index is 6.02. The number of hydrogen-bond acceptors (Lipinski definition) is 3. The second kappa shape index (κ2) is 10.7. The van der Waals surface area contributed by atoms with Crippen molar-refractivity contribution in [2.45, 2.75) is 38.7 Å². The van der Waals surface area contributed by atoms with Crippen molar-refractivity contribution in [2.75, 3.05) is 46.5 Å². The number of benzene rings is 1. The minimum atomic E-state index is 0.172. The quantitative estimate of drug-likeness (QED) is 0.587. The summed E-state index contributed by atoms with van der Waals surface area (Å²) >= 11 is 0. The van der Waals surface area contributed by atoms with Crippen LogP contribution in [-0.2, 0) is 9.47 Å². The Morgan fingerprint density at radius 1 is 1.15 bits per heavy atom. The molecular weight excluding hydrogens is 338 g/mol. The van der Waals surface area contributed by atoms with Gasteiger partial charge >= 0.3 is 0 Å². The lowest BCUT2D eigenvalue weighted by atomic mass is 9.95. The first-order valence-electron chi connectivity index (χ1n) is 10.5. The van der Waals surface area contributed by atoms with E-state index in [1.807, 2.05) is 0 Å². The molecule has 150 valence electrons. The summed E-state index contributed by atoms with van der Waals surface area (Å²) in [5.74, 6) is 2.25. The lowest BCUT2D eigenvalue weighted by Gasteiger charge is -2.27. The average molecular weight is 374 g/mol. The van der Waals surface area contributed by atoms with Gasteiger partial charge in [-0.25, -0.2) is 0 Å². The fraction of sp³-hybridized carbons (Fsp3) is 0.682. The number of hydrogen-bond donors (Lipinski definition) is 1. The van der Waals surface area contributed by atoms with Crippen LogP contribution in [0.5, 0.6) is 0 Å². The van der Waals surface area contributed by atoms with Crippen molar-refractivity contribution >= 4 is 5.96 Å². The molecule has 2 heterocycles. The van der Waals surface area contributed by atoms with E-state index in [1.54, 1.807) is 0 Å². The highest BCUT2D eigenvalue weighted by Crippen LogP contribution is 2.34. The van der Waals surface area contributed by atoms with E-state index < -0.39 is 0 Å². The molecule has 0 aliphatic carbocycles. The van der Waals surface area contributed by atoms with Gasteiger partial charge in [-0.2, -0.15) is 0 Å². The van der Waals surface area contributed by atoms with E-state index in [1.165, 1.54) is 24.8 Å². The van der Waals surface area contributed by atoms with Crippen molar-refractivity contribution < 1.29 is 9.47 Å². The van der Waals surface area contributed by atoms with Crippen LogP contribution >= 0.6 is 0 Å². The number of guanidine groups is 1. The fourth-order valence-corrected chi connectivity index (χ4v) is 4.02. The monoisotopic (exact) mass is 373 g/mol. The van der Waals surface area contributed by atoms with Crippen LogP contribution in [0.15, 0.2) is 35.3 Å². The number of aliphatic imine (C=N–C) groups is 1. The van der Waals surface area contributed by atoms with Gasteiger partial charge in [0.05, 0.1) is 6.10 Å². The van der Waals surface area contributed by atoms with Crippen molar-refractivity contribution in [2.24, 2.45) is 16.8 Å². The van der Waals surface area contributed by atoms with Crippen LogP contribution in [0.2, 0.25) is 0 Å². The summed E-state index contributed by atoms with van der Waals surface area (Å²) < 4.78 is 11.5. The summed E-state index contributed by atoms with van der Waals surface area (Å²) in [6, 6.07) is 10.6. The van der Waals surface area contributed by atoms with Crippen LogP contribution < -0.4 is 5.32 Å². The Bertz CT molecular complexity index is 572. The molecule has 5 heteroatoms. The molecule has 1 N–H and O–H groups in total. The Hall–Kier alpha value is -1.59. The van der Waals surface area contributed by atoms with Gasteiger partial charge in [0.1, 0.15) is 0 Å². The molecule has 2 saturated heterocycles. The summed E-state index contributed by atoms with van der Waals surface area (Å²) in [4.78, 5) is 7.25. The van der Waals surface area contributed by atoms with Gasteiger partial charge in [-0.3, -0.25) is 4.99 Å². The molecule has 0 amide bonds. The summed E-state index contributed by atoms with van der Waals surface area (Å²) in [5, 5.41) is 3.46. The number of rotatable bonds is 7. The van der Waals surface area contributed by atoms with Gasteiger partial charge < -0.3 is 19.7 Å². The molecule has 2 aliphatic heterocycles. The molecule has 0 saturated carbocycles. The second-order valence-electron chi connectivity index (χ2n) is 7.71. The highest BCUT2D eigenvalue weighted by Gasteiger charge is 2.29. The minimum absolute atomic E-state index is 0.172. The predicted octanol–water partition coefficient (Wildman–Crippen LogP) is 3.48. The zero-order valence-corrected chi connectivity index (χ0v) is 16.9. The smallest absolute Gasteiger partial charge is 0.193 e. The molecule has 27 heavy (non-hydrogen) atoms. The number of nitrogens with zero attached hydrogens (tertiary/aromatic N) is 2. The molecule has 2 unspecified atom stereocenters. The third-order valence-electron chi connectivity index (χ3n) is 5.73. The van der Waals surface area contributed by atoms with Gasteiger partial charge in [0.25, 0.3) is 0 Å². The van der Waals surface area contributed by atoms with Crippen molar-refractivity contribution in [3.63, 3.8) is 0 Å². The normalized spacial score (nSPS) is 24.1. The van der Waals surface area contributed by atoms with Crippen molar-refractivity contribution in [3.8, 4) is 0 Å². The molecule has 2 atom stereocenters. The highest BCUT2D eigenvalue weighted by molar-refractivity contribution is 5.79. The lowest BCUT2D eigenvalue weighted by molar-refractivity contribution is 0.0625. The average Bonchev–Trinajstić information content (AvgIpc) is 3.19. The van der Waals surface area contributed by atoms with Crippen LogP contribution in [0.25, 0.3) is 0 Å². The molecule has 3 rings (SSSR count). The largest absolute Gasteiger partial charge is 0.381 e. The van der Waals surface area contributed by atoms with Gasteiger partial charge in [-0.1, -0.05) is 30.3 Å². The molecule has 1 aromatic carbocycles. The van der Waals surface area contributed by atoms with Gasteiger partial charge in [0.15, 0.2) is 5.96 Å². The molecule has 0 aromatic heterocycles. The van der Waals surface area contributed by atoms with Crippen LogP contribution in [0.3, 0.4) is 0 Å². The highest BCUT2D eigenvalue weighted by atomic mass is 16.5. The summed E-state index contributed by atoms with van der Waals surface area (Å²) in [5.41, 5.74) is 1.27. The van der Waals surface area contributed by atoms with Crippen molar-refractivity contribution in [3.05, 3.63) is 35.9 Å². The van der Waals surface area contributed by atoms with E-state index in [0.717, 1.165) is 57.8 Å². The number of ether oxygens (including phenoxy) is 2. The van der Waals surface area contributed by atoms with E-state index in [0.29, 0.717) is 5.92 Å². The maximum Gasteiger partial charge on any atom is 0.193 e. The Morgan fingerprint density at radius 3 is 2.67 bits per heavy atom. The zero-order valence-electron chi connectivity index (χ0n) is 16.9. The SMILES string of the molecule is CCNC(=NCC1CCOC1c1ccccc1)N(C)CCC1CCOCC1. The fourth-order valence-electron chi connectivity index (χ4n) is 4.02. The first kappa shape index (κ1) is 20.2. The minimum Gasteiger partial charge on any atom is -0.381 e. The predicted molar refractivity (Wildman–Crippen MR) is 110 cm³/mol. The van der Waals surface area contributed by atoms with E-state index in [-0.39, 0.29) is 6.10 Å². The van der Waals surface area contributed by atoms with Gasteiger partial charge in [-0.15, -0.1) is 0 Å². The maximum absolute atomic E-state index is 6.02. The van der Waals surface area contributed by atoms with Crippen LogP contribution in [0, 0.1) is 11.8 Å². The third-order valence-corrected chi connectivity index (χ3v) is 5.73. The van der Waals surface area contributed by atoms with Crippen molar-refractivity contribution in [1.82, 2.24) is 10.2 Å². The molecule has 0 bridgehead atoms.